The summed E-state index contributed by atoms with van der Waals surface area (Å²) >= 11 is 0. The lowest BCUT2D eigenvalue weighted by Gasteiger charge is -2.22. The zero-order valence-electron chi connectivity index (χ0n) is 14.5. The maximum absolute atomic E-state index is 12.6. The second-order valence-corrected chi connectivity index (χ2v) is 6.40. The van der Waals surface area contributed by atoms with Gasteiger partial charge in [0.25, 0.3) is 0 Å². The number of rotatable bonds is 9. The highest BCUT2D eigenvalue weighted by atomic mass is 16.5. The molecule has 1 aliphatic rings. The number of amides is 1. The van der Waals surface area contributed by atoms with Crippen LogP contribution in [0.5, 0.6) is 0 Å². The monoisotopic (exact) mass is 342 g/mol. The molecule has 0 aliphatic carbocycles. The molecule has 1 fully saturated rings. The fourth-order valence-corrected chi connectivity index (χ4v) is 3.05. The highest BCUT2D eigenvalue weighted by Crippen LogP contribution is 2.11. The van der Waals surface area contributed by atoms with Crippen LogP contribution in [0.25, 0.3) is 0 Å². The number of ether oxygens (including phenoxy) is 1. The van der Waals surface area contributed by atoms with Crippen molar-refractivity contribution < 1.29 is 13.9 Å². The lowest BCUT2D eigenvalue weighted by atomic mass is 10.1. The highest BCUT2D eigenvalue weighted by Gasteiger charge is 2.18. The maximum atomic E-state index is 12.6. The molecule has 1 amide bonds. The molecule has 1 aliphatic heterocycles. The summed E-state index contributed by atoms with van der Waals surface area (Å²) in [4.78, 5) is 14.5. The first kappa shape index (κ1) is 17.7. The van der Waals surface area contributed by atoms with Crippen molar-refractivity contribution in [3.63, 3.8) is 0 Å². The zero-order valence-corrected chi connectivity index (χ0v) is 14.5. The molecular formula is C20H26N2O3. The molecule has 0 saturated carbocycles. The number of nitrogens with one attached hydrogen (secondary N) is 1. The van der Waals surface area contributed by atoms with Crippen LogP contribution in [-0.2, 0) is 22.5 Å². The average molecular weight is 342 g/mol. The maximum Gasteiger partial charge on any atom is 0.236 e. The predicted octanol–water partition coefficient (Wildman–Crippen LogP) is 2.62. The fraction of sp³-hybridized carbons (Fsp3) is 0.450. The molecule has 0 bridgehead atoms. The van der Waals surface area contributed by atoms with Crippen molar-refractivity contribution in [3.8, 4) is 0 Å². The first-order valence-corrected chi connectivity index (χ1v) is 8.97. The summed E-state index contributed by atoms with van der Waals surface area (Å²) < 4.78 is 11.0. The summed E-state index contributed by atoms with van der Waals surface area (Å²) in [6.07, 6.45) is 4.91. The summed E-state index contributed by atoms with van der Waals surface area (Å²) in [5.74, 6) is 0.894. The molecule has 5 heteroatoms. The molecule has 1 atom stereocenters. The Kier molecular flexibility index (Phi) is 6.65. The first-order chi connectivity index (χ1) is 12.3. The normalized spacial score (nSPS) is 16.9. The highest BCUT2D eigenvalue weighted by molar-refractivity contribution is 5.78. The van der Waals surface area contributed by atoms with E-state index in [1.165, 1.54) is 5.56 Å². The van der Waals surface area contributed by atoms with Crippen molar-refractivity contribution in [2.45, 2.75) is 31.9 Å². The number of hydrogen-bond donors (Lipinski definition) is 1. The number of hydrogen-bond acceptors (Lipinski definition) is 4. The molecule has 134 valence electrons. The van der Waals surface area contributed by atoms with Gasteiger partial charge in [0.2, 0.25) is 5.91 Å². The Balaban J connectivity index is 1.51. The summed E-state index contributed by atoms with van der Waals surface area (Å²) in [5.41, 5.74) is 1.23. The SMILES string of the molecule is O=C(CNCC1CCCO1)N(CCc1ccccc1)Cc1ccco1. The van der Waals surface area contributed by atoms with Gasteiger partial charge in [-0.15, -0.1) is 0 Å². The Hall–Kier alpha value is -2.11. The van der Waals surface area contributed by atoms with Crippen molar-refractivity contribution in [1.82, 2.24) is 10.2 Å². The minimum absolute atomic E-state index is 0.0883. The van der Waals surface area contributed by atoms with Gasteiger partial charge in [-0.1, -0.05) is 30.3 Å². The molecule has 1 aromatic carbocycles. The summed E-state index contributed by atoms with van der Waals surface area (Å²) in [6, 6.07) is 14.0. The topological polar surface area (TPSA) is 54.7 Å². The molecule has 1 saturated heterocycles. The van der Waals surface area contributed by atoms with Crippen LogP contribution >= 0.6 is 0 Å². The van der Waals surface area contributed by atoms with Gasteiger partial charge in [-0.25, -0.2) is 0 Å². The lowest BCUT2D eigenvalue weighted by molar-refractivity contribution is -0.131. The van der Waals surface area contributed by atoms with Gasteiger partial charge >= 0.3 is 0 Å². The zero-order chi connectivity index (χ0) is 17.3. The number of furan rings is 1. The van der Waals surface area contributed by atoms with Gasteiger partial charge < -0.3 is 19.4 Å². The van der Waals surface area contributed by atoms with E-state index in [0.717, 1.165) is 38.2 Å². The third kappa shape index (κ3) is 5.73. The van der Waals surface area contributed by atoms with Gasteiger partial charge in [-0.2, -0.15) is 0 Å². The smallest absolute Gasteiger partial charge is 0.236 e. The molecule has 25 heavy (non-hydrogen) atoms. The summed E-state index contributed by atoms with van der Waals surface area (Å²) in [7, 11) is 0. The van der Waals surface area contributed by atoms with E-state index in [9.17, 15) is 4.79 Å². The van der Waals surface area contributed by atoms with E-state index in [0.29, 0.717) is 19.6 Å². The Morgan fingerprint density at radius 2 is 2.08 bits per heavy atom. The summed E-state index contributed by atoms with van der Waals surface area (Å²) in [5, 5.41) is 3.24. The molecule has 1 aromatic heterocycles. The number of carbonyl (C=O) groups is 1. The van der Waals surface area contributed by atoms with Crippen LogP contribution in [0.2, 0.25) is 0 Å². The van der Waals surface area contributed by atoms with E-state index >= 15 is 0 Å². The molecule has 1 unspecified atom stereocenters. The van der Waals surface area contributed by atoms with Crippen LogP contribution in [-0.4, -0.2) is 43.2 Å². The largest absolute Gasteiger partial charge is 0.467 e. The number of nitrogens with zero attached hydrogens (tertiary/aromatic N) is 1. The third-order valence-electron chi connectivity index (χ3n) is 4.46. The second-order valence-electron chi connectivity index (χ2n) is 6.40. The van der Waals surface area contributed by atoms with Crippen LogP contribution in [0.1, 0.15) is 24.2 Å². The van der Waals surface area contributed by atoms with Crippen molar-refractivity contribution >= 4 is 5.91 Å². The molecule has 2 heterocycles. The minimum atomic E-state index is 0.0883. The summed E-state index contributed by atoms with van der Waals surface area (Å²) in [6.45, 7) is 3.07. The Morgan fingerprint density at radius 1 is 1.20 bits per heavy atom. The Bertz CT molecular complexity index is 622. The van der Waals surface area contributed by atoms with Gasteiger partial charge in [0.05, 0.1) is 25.5 Å². The van der Waals surface area contributed by atoms with Crippen LogP contribution in [0.3, 0.4) is 0 Å². The van der Waals surface area contributed by atoms with Gasteiger partial charge in [-0.3, -0.25) is 4.79 Å². The lowest BCUT2D eigenvalue weighted by Crippen LogP contribution is -2.40. The first-order valence-electron chi connectivity index (χ1n) is 8.97. The quantitative estimate of drug-likeness (QED) is 0.761. The molecule has 1 N–H and O–H groups in total. The van der Waals surface area contributed by atoms with Crippen LogP contribution in [0.15, 0.2) is 53.1 Å². The molecule has 0 spiro atoms. The predicted molar refractivity (Wildman–Crippen MR) is 96.1 cm³/mol. The average Bonchev–Trinajstić information content (AvgIpc) is 3.33. The van der Waals surface area contributed by atoms with E-state index < -0.39 is 0 Å². The third-order valence-corrected chi connectivity index (χ3v) is 4.46. The standard InChI is InChI=1S/C20H26N2O3/c23-20(15-21-14-18-8-4-12-24-18)22(16-19-9-5-13-25-19)11-10-17-6-2-1-3-7-17/h1-3,5-7,9,13,18,21H,4,8,10-12,14-16H2. The van der Waals surface area contributed by atoms with Crippen LogP contribution in [0, 0.1) is 0 Å². The molecule has 3 rings (SSSR count). The minimum Gasteiger partial charge on any atom is -0.467 e. The van der Waals surface area contributed by atoms with Crippen molar-refractivity contribution in [1.29, 1.82) is 0 Å². The van der Waals surface area contributed by atoms with E-state index in [1.54, 1.807) is 6.26 Å². The van der Waals surface area contributed by atoms with Crippen LogP contribution in [0.4, 0.5) is 0 Å². The Labute approximate surface area is 149 Å². The van der Waals surface area contributed by atoms with E-state index in [-0.39, 0.29) is 12.0 Å². The number of carbonyl (C=O) groups excluding carboxylic acids is 1. The van der Waals surface area contributed by atoms with Gasteiger partial charge in [0.1, 0.15) is 5.76 Å². The van der Waals surface area contributed by atoms with E-state index in [1.807, 2.05) is 35.2 Å². The van der Waals surface area contributed by atoms with Crippen molar-refractivity contribution in [2.75, 3.05) is 26.2 Å². The fourth-order valence-electron chi connectivity index (χ4n) is 3.05. The van der Waals surface area contributed by atoms with Gasteiger partial charge in [0, 0.05) is 19.7 Å². The van der Waals surface area contributed by atoms with E-state index in [4.69, 9.17) is 9.15 Å². The van der Waals surface area contributed by atoms with Crippen molar-refractivity contribution in [2.24, 2.45) is 0 Å². The molecular weight excluding hydrogens is 316 g/mol. The van der Waals surface area contributed by atoms with Crippen LogP contribution < -0.4 is 5.32 Å². The number of benzene rings is 1. The van der Waals surface area contributed by atoms with Gasteiger partial charge in [0.15, 0.2) is 0 Å². The molecule has 2 aromatic rings. The Morgan fingerprint density at radius 3 is 2.80 bits per heavy atom. The second kappa shape index (κ2) is 9.39. The van der Waals surface area contributed by atoms with E-state index in [2.05, 4.69) is 17.4 Å². The molecule has 0 radical (unpaired) electrons. The van der Waals surface area contributed by atoms with Crippen molar-refractivity contribution in [3.05, 3.63) is 60.1 Å². The molecule has 5 nitrogen and oxygen atoms in total. The van der Waals surface area contributed by atoms with Gasteiger partial charge in [-0.05, 0) is 37.0 Å².